The number of nitrogens with zero attached hydrogens (tertiary/aromatic N) is 1. The van der Waals surface area contributed by atoms with E-state index >= 15 is 0 Å². The van der Waals surface area contributed by atoms with E-state index in [1.807, 2.05) is 0 Å². The van der Waals surface area contributed by atoms with E-state index in [0.717, 1.165) is 0 Å². The second-order valence-corrected chi connectivity index (χ2v) is 5.17. The highest BCUT2D eigenvalue weighted by atomic mass is 35.5. The number of nitrogens with one attached hydrogen (secondary N) is 1. The Bertz CT molecular complexity index is 848. The lowest BCUT2D eigenvalue weighted by Gasteiger charge is -2.04. The van der Waals surface area contributed by atoms with Gasteiger partial charge in [0, 0.05) is 18.0 Å². The van der Waals surface area contributed by atoms with Gasteiger partial charge in [0.05, 0.1) is 18.3 Å². The molecule has 1 amide bonds. The van der Waals surface area contributed by atoms with E-state index in [1.165, 1.54) is 4.57 Å². The number of hydrogen-bond donors (Lipinski definition) is 1. The number of aryl methyl sites for hydroxylation is 1. The summed E-state index contributed by atoms with van der Waals surface area (Å²) >= 11 is 5.92. The van der Waals surface area contributed by atoms with Crippen molar-refractivity contribution in [2.45, 2.75) is 19.5 Å². The van der Waals surface area contributed by atoms with Crippen LogP contribution in [0.3, 0.4) is 0 Å². The number of rotatable bonds is 5. The third kappa shape index (κ3) is 3.07. The van der Waals surface area contributed by atoms with E-state index in [2.05, 4.69) is 5.32 Å². The van der Waals surface area contributed by atoms with Crippen LogP contribution >= 0.6 is 11.6 Å². The van der Waals surface area contributed by atoms with E-state index in [1.54, 1.807) is 36.6 Å². The molecule has 0 fully saturated rings. The Labute approximate surface area is 130 Å². The Kier molecular flexibility index (Phi) is 4.02. The molecule has 7 heteroatoms. The molecule has 1 N–H and O–H groups in total. The van der Waals surface area contributed by atoms with Gasteiger partial charge in [0.25, 0.3) is 0 Å². The van der Waals surface area contributed by atoms with Crippen molar-refractivity contribution >= 4 is 28.6 Å². The Morgan fingerprint density at radius 1 is 1.32 bits per heavy atom. The van der Waals surface area contributed by atoms with Crippen LogP contribution in [0.2, 0.25) is 5.02 Å². The van der Waals surface area contributed by atoms with E-state index in [0.29, 0.717) is 28.4 Å². The van der Waals surface area contributed by atoms with Gasteiger partial charge in [-0.3, -0.25) is 9.36 Å². The number of furan rings is 1. The van der Waals surface area contributed by atoms with Crippen molar-refractivity contribution in [3.63, 3.8) is 0 Å². The van der Waals surface area contributed by atoms with Gasteiger partial charge in [-0.25, -0.2) is 4.79 Å². The highest BCUT2D eigenvalue weighted by Crippen LogP contribution is 2.18. The van der Waals surface area contributed by atoms with Gasteiger partial charge in [-0.1, -0.05) is 11.6 Å². The smallest absolute Gasteiger partial charge is 0.419 e. The third-order valence-corrected chi connectivity index (χ3v) is 3.47. The van der Waals surface area contributed by atoms with Gasteiger partial charge in [0.15, 0.2) is 5.58 Å². The van der Waals surface area contributed by atoms with Crippen molar-refractivity contribution < 1.29 is 13.6 Å². The molecule has 0 unspecified atom stereocenters. The van der Waals surface area contributed by atoms with E-state index in [9.17, 15) is 9.59 Å². The summed E-state index contributed by atoms with van der Waals surface area (Å²) in [6, 6.07) is 8.45. The van der Waals surface area contributed by atoms with Crippen molar-refractivity contribution in [2.75, 3.05) is 0 Å². The molecular weight excluding hydrogens is 308 g/mol. The average Bonchev–Trinajstić information content (AvgIpc) is 3.10. The van der Waals surface area contributed by atoms with Crippen LogP contribution in [0, 0.1) is 0 Å². The molecule has 2 heterocycles. The average molecular weight is 321 g/mol. The molecule has 0 aliphatic heterocycles. The number of halogens is 1. The normalized spacial score (nSPS) is 11.0. The first-order valence-corrected chi connectivity index (χ1v) is 7.09. The lowest BCUT2D eigenvalue weighted by molar-refractivity contribution is -0.121. The van der Waals surface area contributed by atoms with E-state index in [4.69, 9.17) is 20.4 Å². The summed E-state index contributed by atoms with van der Waals surface area (Å²) in [6.07, 6.45) is 1.70. The molecule has 0 bridgehead atoms. The standard InChI is InChI=1S/C15H13ClN2O4/c16-10-3-4-13-12(8-10)18(15(20)22-13)6-5-14(19)17-9-11-2-1-7-21-11/h1-4,7-8H,5-6,9H2,(H,17,19). The predicted octanol–water partition coefficient (Wildman–Crippen LogP) is 2.55. The zero-order valence-corrected chi connectivity index (χ0v) is 12.3. The van der Waals surface area contributed by atoms with Gasteiger partial charge >= 0.3 is 5.76 Å². The van der Waals surface area contributed by atoms with Gasteiger partial charge in [0.2, 0.25) is 5.91 Å². The SMILES string of the molecule is O=C(CCn1c(=O)oc2ccc(Cl)cc21)NCc1ccco1. The van der Waals surface area contributed by atoms with Gasteiger partial charge in [-0.15, -0.1) is 0 Å². The largest absolute Gasteiger partial charge is 0.467 e. The van der Waals surface area contributed by atoms with Crippen LogP contribution in [-0.4, -0.2) is 10.5 Å². The molecule has 114 valence electrons. The fourth-order valence-corrected chi connectivity index (χ4v) is 2.31. The molecule has 0 saturated carbocycles. The summed E-state index contributed by atoms with van der Waals surface area (Å²) in [4.78, 5) is 23.6. The fraction of sp³-hybridized carbons (Fsp3) is 0.200. The van der Waals surface area contributed by atoms with Crippen molar-refractivity contribution in [1.82, 2.24) is 9.88 Å². The third-order valence-electron chi connectivity index (χ3n) is 3.23. The zero-order chi connectivity index (χ0) is 15.5. The summed E-state index contributed by atoms with van der Waals surface area (Å²) in [5.74, 6) is -0.0122. The molecule has 0 radical (unpaired) electrons. The molecule has 22 heavy (non-hydrogen) atoms. The quantitative estimate of drug-likeness (QED) is 0.783. The summed E-state index contributed by atoms with van der Waals surface area (Å²) < 4.78 is 11.6. The van der Waals surface area contributed by atoms with Crippen LogP contribution in [-0.2, 0) is 17.9 Å². The number of aromatic nitrogens is 1. The Balaban J connectivity index is 1.66. The Morgan fingerprint density at radius 2 is 2.18 bits per heavy atom. The molecule has 3 aromatic rings. The van der Waals surface area contributed by atoms with E-state index in [-0.39, 0.29) is 18.9 Å². The summed E-state index contributed by atoms with van der Waals surface area (Å²) in [6.45, 7) is 0.537. The molecular formula is C15H13ClN2O4. The lowest BCUT2D eigenvalue weighted by Crippen LogP contribution is -2.25. The summed E-state index contributed by atoms with van der Waals surface area (Å²) in [5, 5.41) is 3.23. The van der Waals surface area contributed by atoms with Crippen molar-refractivity contribution in [1.29, 1.82) is 0 Å². The maximum Gasteiger partial charge on any atom is 0.419 e. The summed E-state index contributed by atoms with van der Waals surface area (Å²) in [7, 11) is 0. The van der Waals surface area contributed by atoms with E-state index < -0.39 is 5.76 Å². The number of carbonyl (C=O) groups is 1. The van der Waals surface area contributed by atoms with Crippen molar-refractivity contribution in [2.24, 2.45) is 0 Å². The first kappa shape index (κ1) is 14.5. The second kappa shape index (κ2) is 6.11. The molecule has 1 aromatic carbocycles. The van der Waals surface area contributed by atoms with Gasteiger partial charge < -0.3 is 14.2 Å². The maximum absolute atomic E-state index is 11.8. The molecule has 0 aliphatic rings. The second-order valence-electron chi connectivity index (χ2n) is 4.74. The van der Waals surface area contributed by atoms with Crippen LogP contribution in [0.5, 0.6) is 0 Å². The van der Waals surface area contributed by atoms with Crippen LogP contribution < -0.4 is 11.1 Å². The maximum atomic E-state index is 11.8. The van der Waals surface area contributed by atoms with Gasteiger partial charge in [0.1, 0.15) is 5.76 Å². The highest BCUT2D eigenvalue weighted by molar-refractivity contribution is 6.31. The van der Waals surface area contributed by atoms with Crippen LogP contribution in [0.15, 0.2) is 50.2 Å². The number of hydrogen-bond acceptors (Lipinski definition) is 4. The molecule has 0 aliphatic carbocycles. The van der Waals surface area contributed by atoms with Crippen LogP contribution in [0.1, 0.15) is 12.2 Å². The topological polar surface area (TPSA) is 77.4 Å². The first-order valence-electron chi connectivity index (χ1n) is 6.71. The minimum Gasteiger partial charge on any atom is -0.467 e. The summed E-state index contributed by atoms with van der Waals surface area (Å²) in [5.41, 5.74) is 1.03. The van der Waals surface area contributed by atoms with Crippen molar-refractivity contribution in [3.05, 3.63) is 57.9 Å². The Hall–Kier alpha value is -2.47. The number of benzene rings is 1. The minimum absolute atomic E-state index is 0.155. The van der Waals surface area contributed by atoms with Crippen LogP contribution in [0.25, 0.3) is 11.1 Å². The minimum atomic E-state index is -0.504. The first-order chi connectivity index (χ1) is 10.6. The number of carbonyl (C=O) groups excluding carboxylic acids is 1. The lowest BCUT2D eigenvalue weighted by atomic mass is 10.3. The highest BCUT2D eigenvalue weighted by Gasteiger charge is 2.11. The monoisotopic (exact) mass is 320 g/mol. The molecule has 3 rings (SSSR count). The molecule has 6 nitrogen and oxygen atoms in total. The molecule has 0 saturated heterocycles. The molecule has 0 atom stereocenters. The molecule has 0 spiro atoms. The van der Waals surface area contributed by atoms with Gasteiger partial charge in [-0.05, 0) is 30.3 Å². The number of oxazole rings is 1. The number of amides is 1. The van der Waals surface area contributed by atoms with Crippen molar-refractivity contribution in [3.8, 4) is 0 Å². The zero-order valence-electron chi connectivity index (χ0n) is 11.5. The Morgan fingerprint density at radius 3 is 2.95 bits per heavy atom. The van der Waals surface area contributed by atoms with Gasteiger partial charge in [-0.2, -0.15) is 0 Å². The molecule has 2 aromatic heterocycles. The number of fused-ring (bicyclic) bond motifs is 1. The fourth-order valence-electron chi connectivity index (χ4n) is 2.15. The van der Waals surface area contributed by atoms with Crippen LogP contribution in [0.4, 0.5) is 0 Å². The predicted molar refractivity (Wildman–Crippen MR) is 80.7 cm³/mol.